The molecular weight excluding hydrogens is 380 g/mol. The van der Waals surface area contributed by atoms with E-state index in [1.165, 1.54) is 18.2 Å². The molecular formula is C24H28N2O4. The van der Waals surface area contributed by atoms with Gasteiger partial charge in [-0.1, -0.05) is 24.3 Å². The van der Waals surface area contributed by atoms with Crippen LogP contribution in [0.25, 0.3) is 0 Å². The number of benzene rings is 2. The Labute approximate surface area is 177 Å². The van der Waals surface area contributed by atoms with Gasteiger partial charge in [-0.05, 0) is 48.2 Å². The number of rotatable bonds is 6. The number of nitrogens with one attached hydrogen (secondary N) is 1. The van der Waals surface area contributed by atoms with Gasteiger partial charge in [-0.25, -0.2) is 0 Å². The third kappa shape index (κ3) is 4.65. The van der Waals surface area contributed by atoms with Crippen LogP contribution in [-0.4, -0.2) is 49.6 Å². The molecule has 1 fully saturated rings. The fraction of sp³-hybridized carbons (Fsp3) is 0.417. The zero-order valence-electron chi connectivity index (χ0n) is 17.3. The Balaban J connectivity index is 1.28. The summed E-state index contributed by atoms with van der Waals surface area (Å²) in [5.41, 5.74) is 3.18. The molecule has 0 spiro atoms. The molecule has 1 aliphatic carbocycles. The molecule has 2 amide bonds. The maximum atomic E-state index is 12.7. The fourth-order valence-electron chi connectivity index (χ4n) is 4.26. The lowest BCUT2D eigenvalue weighted by atomic mass is 10.1. The van der Waals surface area contributed by atoms with Gasteiger partial charge in [-0.15, -0.1) is 0 Å². The predicted octanol–water partition coefficient (Wildman–Crippen LogP) is 3.12. The number of methoxy groups -OCH3 is 1. The van der Waals surface area contributed by atoms with Gasteiger partial charge in [0.15, 0.2) is 0 Å². The quantitative estimate of drug-likeness (QED) is 0.798. The average molecular weight is 408 g/mol. The highest BCUT2D eigenvalue weighted by Crippen LogP contribution is 2.31. The second kappa shape index (κ2) is 9.30. The largest absolute Gasteiger partial charge is 0.490 e. The van der Waals surface area contributed by atoms with Crippen LogP contribution in [0, 0.1) is 0 Å². The molecule has 1 atom stereocenters. The number of hydrogen-bond acceptors (Lipinski definition) is 4. The van der Waals surface area contributed by atoms with E-state index >= 15 is 0 Å². The molecule has 30 heavy (non-hydrogen) atoms. The number of amides is 2. The summed E-state index contributed by atoms with van der Waals surface area (Å²) in [5, 5.41) is 3.15. The maximum absolute atomic E-state index is 12.7. The molecule has 2 aliphatic rings. The molecule has 1 N–H and O–H groups in total. The first-order valence-electron chi connectivity index (χ1n) is 10.6. The number of carbonyl (C=O) groups excluding carboxylic acids is 2. The van der Waals surface area contributed by atoms with Gasteiger partial charge in [0.05, 0.1) is 6.04 Å². The van der Waals surface area contributed by atoms with Crippen molar-refractivity contribution in [3.8, 4) is 5.75 Å². The molecule has 0 unspecified atom stereocenters. The van der Waals surface area contributed by atoms with E-state index in [1.807, 2.05) is 41.3 Å². The molecule has 0 bridgehead atoms. The van der Waals surface area contributed by atoms with Crippen LogP contribution in [0.1, 0.15) is 46.8 Å². The summed E-state index contributed by atoms with van der Waals surface area (Å²) in [4.78, 5) is 26.4. The van der Waals surface area contributed by atoms with E-state index in [4.69, 9.17) is 9.47 Å². The Kier molecular flexibility index (Phi) is 6.33. The van der Waals surface area contributed by atoms with Crippen molar-refractivity contribution >= 4 is 11.8 Å². The molecule has 6 heteroatoms. The predicted molar refractivity (Wildman–Crippen MR) is 114 cm³/mol. The normalized spacial score (nSPS) is 18.7. The molecule has 2 aromatic rings. The fourth-order valence-corrected chi connectivity index (χ4v) is 4.26. The summed E-state index contributed by atoms with van der Waals surface area (Å²) in [6.07, 6.45) is 3.60. The number of fused-ring (bicyclic) bond motifs is 1. The van der Waals surface area contributed by atoms with Crippen molar-refractivity contribution < 1.29 is 19.1 Å². The molecule has 1 aliphatic heterocycles. The first-order chi connectivity index (χ1) is 14.6. The summed E-state index contributed by atoms with van der Waals surface area (Å²) >= 11 is 0. The van der Waals surface area contributed by atoms with Crippen molar-refractivity contribution in [3.63, 3.8) is 0 Å². The molecule has 158 valence electrons. The number of hydrogen-bond donors (Lipinski definition) is 1. The summed E-state index contributed by atoms with van der Waals surface area (Å²) in [7, 11) is 1.53. The van der Waals surface area contributed by atoms with Gasteiger partial charge in [0.25, 0.3) is 5.91 Å². The number of likely N-dealkylation sites (tertiary alicyclic amines) is 1. The average Bonchev–Trinajstić information content (AvgIpc) is 3.18. The van der Waals surface area contributed by atoms with E-state index < -0.39 is 0 Å². The van der Waals surface area contributed by atoms with E-state index in [1.54, 1.807) is 0 Å². The number of ether oxygens (including phenoxy) is 2. The third-order valence-corrected chi connectivity index (χ3v) is 5.92. The lowest BCUT2D eigenvalue weighted by molar-refractivity contribution is -0.136. The van der Waals surface area contributed by atoms with Gasteiger partial charge >= 0.3 is 0 Å². The topological polar surface area (TPSA) is 67.9 Å². The highest BCUT2D eigenvalue weighted by Gasteiger charge is 2.25. The van der Waals surface area contributed by atoms with Crippen LogP contribution in [0.2, 0.25) is 0 Å². The Morgan fingerprint density at radius 3 is 2.50 bits per heavy atom. The molecule has 1 heterocycles. The van der Waals surface area contributed by atoms with Gasteiger partial charge in [0.1, 0.15) is 18.5 Å². The van der Waals surface area contributed by atoms with Gasteiger partial charge < -0.3 is 19.7 Å². The Hall–Kier alpha value is -2.86. The summed E-state index contributed by atoms with van der Waals surface area (Å²) in [6, 6.07) is 15.7. The first kappa shape index (κ1) is 20.4. The summed E-state index contributed by atoms with van der Waals surface area (Å²) in [6.45, 7) is 1.48. The molecule has 6 nitrogen and oxygen atoms in total. The van der Waals surface area contributed by atoms with Gasteiger partial charge in [0.2, 0.25) is 5.91 Å². The van der Waals surface area contributed by atoms with E-state index in [0.29, 0.717) is 18.7 Å². The Bertz CT molecular complexity index is 888. The van der Waals surface area contributed by atoms with Crippen LogP contribution in [0.3, 0.4) is 0 Å². The highest BCUT2D eigenvalue weighted by molar-refractivity contribution is 5.94. The monoisotopic (exact) mass is 408 g/mol. The number of nitrogens with zero attached hydrogens (tertiary/aromatic N) is 1. The third-order valence-electron chi connectivity index (χ3n) is 5.92. The SMILES string of the molecule is COCC(=O)N1CCC(Oc2ccc(C(=O)N[C@H]3CCc4ccccc43)cc2)CC1. The van der Waals surface area contributed by atoms with Crippen LogP contribution in [0.15, 0.2) is 48.5 Å². The van der Waals surface area contributed by atoms with Crippen LogP contribution < -0.4 is 10.1 Å². The molecule has 0 radical (unpaired) electrons. The minimum atomic E-state index is -0.0618. The van der Waals surface area contributed by atoms with Crippen molar-refractivity contribution in [2.75, 3.05) is 26.8 Å². The van der Waals surface area contributed by atoms with E-state index in [2.05, 4.69) is 17.4 Å². The van der Waals surface area contributed by atoms with E-state index in [0.717, 1.165) is 31.4 Å². The van der Waals surface area contributed by atoms with Crippen molar-refractivity contribution in [1.82, 2.24) is 10.2 Å². The number of aryl methyl sites for hydroxylation is 1. The zero-order chi connectivity index (χ0) is 20.9. The lowest BCUT2D eigenvalue weighted by Gasteiger charge is -2.32. The second-order valence-electron chi connectivity index (χ2n) is 7.92. The summed E-state index contributed by atoms with van der Waals surface area (Å²) < 4.78 is 11.0. The smallest absolute Gasteiger partial charge is 0.251 e. The number of piperidine rings is 1. The standard InChI is InChI=1S/C24H28N2O4/c1-29-16-23(27)26-14-12-20(13-15-26)30-19-9-6-18(7-10-19)24(28)25-22-11-8-17-4-2-3-5-21(17)22/h2-7,9-10,20,22H,8,11-16H2,1H3,(H,25,28)/t22-/m0/s1. The molecule has 4 rings (SSSR count). The van der Waals surface area contributed by atoms with Gasteiger partial charge in [0, 0.05) is 38.6 Å². The second-order valence-corrected chi connectivity index (χ2v) is 7.92. The molecule has 0 aromatic heterocycles. The molecule has 0 saturated carbocycles. The van der Waals surface area contributed by atoms with Gasteiger partial charge in [-0.3, -0.25) is 9.59 Å². The van der Waals surface area contributed by atoms with Crippen molar-refractivity contribution in [3.05, 3.63) is 65.2 Å². The first-order valence-corrected chi connectivity index (χ1v) is 10.6. The lowest BCUT2D eigenvalue weighted by Crippen LogP contribution is -2.43. The zero-order valence-corrected chi connectivity index (χ0v) is 17.3. The molecule has 1 saturated heterocycles. The van der Waals surface area contributed by atoms with Crippen LogP contribution in [0.4, 0.5) is 0 Å². The highest BCUT2D eigenvalue weighted by atomic mass is 16.5. The van der Waals surface area contributed by atoms with Crippen LogP contribution in [0.5, 0.6) is 5.75 Å². The van der Waals surface area contributed by atoms with Crippen LogP contribution >= 0.6 is 0 Å². The number of carbonyl (C=O) groups is 2. The Morgan fingerprint density at radius 1 is 1.03 bits per heavy atom. The minimum Gasteiger partial charge on any atom is -0.490 e. The van der Waals surface area contributed by atoms with Crippen molar-refractivity contribution in [2.24, 2.45) is 0 Å². The molecule has 2 aromatic carbocycles. The van der Waals surface area contributed by atoms with E-state index in [-0.39, 0.29) is 30.6 Å². The van der Waals surface area contributed by atoms with Gasteiger partial charge in [-0.2, -0.15) is 0 Å². The van der Waals surface area contributed by atoms with Crippen molar-refractivity contribution in [2.45, 2.75) is 37.8 Å². The van der Waals surface area contributed by atoms with Crippen molar-refractivity contribution in [1.29, 1.82) is 0 Å². The van der Waals surface area contributed by atoms with E-state index in [9.17, 15) is 9.59 Å². The Morgan fingerprint density at radius 2 is 1.77 bits per heavy atom. The summed E-state index contributed by atoms with van der Waals surface area (Å²) in [5.74, 6) is 0.712. The maximum Gasteiger partial charge on any atom is 0.251 e. The van der Waals surface area contributed by atoms with Crippen LogP contribution in [-0.2, 0) is 16.0 Å². The minimum absolute atomic E-state index is 0.0243.